The van der Waals surface area contributed by atoms with Gasteiger partial charge in [-0.25, -0.2) is 19.9 Å². The molecule has 7 aromatic rings. The van der Waals surface area contributed by atoms with E-state index in [4.69, 9.17) is 19.9 Å². The highest BCUT2D eigenvalue weighted by molar-refractivity contribution is 6.32. The third-order valence-corrected chi connectivity index (χ3v) is 11.7. The van der Waals surface area contributed by atoms with Gasteiger partial charge in [-0.05, 0) is 35.1 Å². The molecule has 4 aliphatic rings. The van der Waals surface area contributed by atoms with Gasteiger partial charge in [0.15, 0.2) is 0 Å². The first kappa shape index (κ1) is 31.1. The molecule has 4 heterocycles. The van der Waals surface area contributed by atoms with Crippen molar-refractivity contribution in [3.8, 4) is 45.0 Å². The predicted molar refractivity (Wildman–Crippen MR) is 207 cm³/mol. The van der Waals surface area contributed by atoms with Crippen molar-refractivity contribution in [1.82, 2.24) is 29.7 Å². The molecule has 4 amide bonds. The molecular weight excluding hydrogens is 677 g/mol. The predicted octanol–water partition coefficient (Wildman–Crippen LogP) is 8.22. The first-order chi connectivity index (χ1) is 25.6. The van der Waals surface area contributed by atoms with E-state index in [1.54, 1.807) is 24.3 Å². The number of fused-ring (bicyclic) bond motifs is 8. The van der Waals surface area contributed by atoms with Crippen LogP contribution in [0.5, 0.6) is 0 Å². The molecule has 2 aromatic heterocycles. The highest BCUT2D eigenvalue weighted by Gasteiger charge is 2.40. The van der Waals surface area contributed by atoms with E-state index < -0.39 is 10.8 Å². The zero-order valence-corrected chi connectivity index (χ0v) is 30.9. The lowest BCUT2D eigenvalue weighted by Crippen LogP contribution is -2.36. The topological polar surface area (TPSA) is 126 Å². The van der Waals surface area contributed by atoms with E-state index in [1.165, 1.54) is 23.9 Å². The Bertz CT molecular complexity index is 2740. The normalized spacial score (nSPS) is 15.5. The summed E-state index contributed by atoms with van der Waals surface area (Å²) in [6, 6.07) is 14.9. The molecule has 5 aromatic carbocycles. The monoisotopic (exact) mass is 708 g/mol. The van der Waals surface area contributed by atoms with Gasteiger partial charge in [0.05, 0.1) is 44.8 Å². The lowest BCUT2D eigenvalue weighted by Gasteiger charge is -2.28. The van der Waals surface area contributed by atoms with Crippen molar-refractivity contribution in [1.29, 1.82) is 0 Å². The van der Waals surface area contributed by atoms with E-state index in [-0.39, 0.29) is 23.6 Å². The SMILES string of the molecule is CN1C(=O)c2ccc3c4c(ccc(c24)C1=O)-c1nc2c(C(C)(C)C)c4nc5c(nc4c(C(C)(C)C)c2nc1-3)-c1ccc2c3c(ccc-5c13)C(=O)N(C)C2=O. The molecule has 0 saturated heterocycles. The number of amides is 4. The van der Waals surface area contributed by atoms with Crippen molar-refractivity contribution in [3.05, 3.63) is 81.9 Å². The van der Waals surface area contributed by atoms with Gasteiger partial charge < -0.3 is 0 Å². The van der Waals surface area contributed by atoms with Crippen LogP contribution in [-0.4, -0.2) is 67.5 Å². The summed E-state index contributed by atoms with van der Waals surface area (Å²) in [7, 11) is 3.03. The Morgan fingerprint density at radius 1 is 0.370 bits per heavy atom. The van der Waals surface area contributed by atoms with E-state index in [2.05, 4.69) is 41.5 Å². The summed E-state index contributed by atoms with van der Waals surface area (Å²) < 4.78 is 0. The van der Waals surface area contributed by atoms with Crippen molar-refractivity contribution < 1.29 is 19.2 Å². The summed E-state index contributed by atoms with van der Waals surface area (Å²) in [6.45, 7) is 12.9. The molecule has 0 saturated carbocycles. The molecule has 54 heavy (non-hydrogen) atoms. The van der Waals surface area contributed by atoms with Gasteiger partial charge >= 0.3 is 0 Å². The van der Waals surface area contributed by atoms with Gasteiger partial charge in [-0.1, -0.05) is 65.8 Å². The van der Waals surface area contributed by atoms with Crippen molar-refractivity contribution in [2.45, 2.75) is 52.4 Å². The summed E-state index contributed by atoms with van der Waals surface area (Å²) >= 11 is 0. The Hall–Kier alpha value is -6.42. The third kappa shape index (κ3) is 3.47. The summed E-state index contributed by atoms with van der Waals surface area (Å²) in [5.41, 5.74) is 11.9. The quantitative estimate of drug-likeness (QED) is 0.114. The van der Waals surface area contributed by atoms with Gasteiger partial charge in [0.25, 0.3) is 23.6 Å². The van der Waals surface area contributed by atoms with Gasteiger partial charge in [0.1, 0.15) is 0 Å². The number of carbonyl (C=O) groups is 4. The van der Waals surface area contributed by atoms with Crippen LogP contribution in [0.2, 0.25) is 0 Å². The van der Waals surface area contributed by atoms with Crippen LogP contribution >= 0.6 is 0 Å². The van der Waals surface area contributed by atoms with Crippen molar-refractivity contribution in [2.24, 2.45) is 0 Å². The van der Waals surface area contributed by atoms with Crippen LogP contribution in [0.1, 0.15) is 94.1 Å². The lowest BCUT2D eigenvalue weighted by atomic mass is 9.78. The summed E-state index contributed by atoms with van der Waals surface area (Å²) in [6.07, 6.45) is 0. The Morgan fingerprint density at radius 3 is 0.796 bits per heavy atom. The maximum Gasteiger partial charge on any atom is 0.261 e. The second-order valence-electron chi connectivity index (χ2n) is 17.0. The van der Waals surface area contributed by atoms with Gasteiger partial charge in [-0.2, -0.15) is 0 Å². The van der Waals surface area contributed by atoms with E-state index in [0.717, 1.165) is 66.2 Å². The van der Waals surface area contributed by atoms with Crippen molar-refractivity contribution >= 4 is 67.2 Å². The third-order valence-electron chi connectivity index (χ3n) is 11.7. The number of benzene rings is 5. The number of hydrogen-bond donors (Lipinski definition) is 0. The highest BCUT2D eigenvalue weighted by Crippen LogP contribution is 2.53. The average Bonchev–Trinajstić information content (AvgIpc) is 3.61. The Morgan fingerprint density at radius 2 is 0.574 bits per heavy atom. The lowest BCUT2D eigenvalue weighted by molar-refractivity contribution is 0.0635. The smallest absolute Gasteiger partial charge is 0.261 e. The van der Waals surface area contributed by atoms with Gasteiger partial charge in [0.2, 0.25) is 0 Å². The molecule has 0 spiro atoms. The maximum atomic E-state index is 13.3. The number of carbonyl (C=O) groups excluding carboxylic acids is 4. The molecule has 0 N–H and O–H groups in total. The van der Waals surface area contributed by atoms with E-state index in [1.807, 2.05) is 24.3 Å². The molecule has 0 atom stereocenters. The summed E-state index contributed by atoms with van der Waals surface area (Å²) in [5, 5.41) is 2.93. The molecule has 10 heteroatoms. The maximum absolute atomic E-state index is 13.3. The van der Waals surface area contributed by atoms with Crippen LogP contribution in [0.3, 0.4) is 0 Å². The number of hydrogen-bond acceptors (Lipinski definition) is 8. The van der Waals surface area contributed by atoms with Crippen LogP contribution in [0.25, 0.3) is 88.6 Å². The van der Waals surface area contributed by atoms with Crippen LogP contribution in [-0.2, 0) is 10.8 Å². The fraction of sp³-hybridized carbons (Fsp3) is 0.227. The second kappa shape index (κ2) is 9.38. The molecule has 0 unspecified atom stereocenters. The summed E-state index contributed by atoms with van der Waals surface area (Å²) in [4.78, 5) is 77.5. The number of rotatable bonds is 0. The zero-order chi connectivity index (χ0) is 37.7. The molecule has 2 aliphatic carbocycles. The largest absolute Gasteiger partial charge is 0.277 e. The molecule has 0 fully saturated rings. The Labute approximate surface area is 308 Å². The van der Waals surface area contributed by atoms with Crippen LogP contribution in [0.4, 0.5) is 0 Å². The fourth-order valence-electron chi connectivity index (χ4n) is 9.36. The van der Waals surface area contributed by atoms with Crippen LogP contribution < -0.4 is 0 Å². The molecule has 2 aliphatic heterocycles. The van der Waals surface area contributed by atoms with Crippen LogP contribution in [0.15, 0.2) is 48.5 Å². The average molecular weight is 709 g/mol. The van der Waals surface area contributed by atoms with Crippen LogP contribution in [0, 0.1) is 0 Å². The van der Waals surface area contributed by atoms with E-state index in [0.29, 0.717) is 55.8 Å². The number of nitrogens with zero attached hydrogens (tertiary/aromatic N) is 6. The molecular formula is C44H32N6O4. The number of imide groups is 2. The van der Waals surface area contributed by atoms with Crippen molar-refractivity contribution in [3.63, 3.8) is 0 Å². The standard InChI is InChI=1S/C44H32N6O4/c1-43(2,3)29-35-37(47-33-19-11-15-23-27-21(39(51)49(7)41(23)53)13-9-17(25(19)27)31(33)45-35)30(44(4,5)6)38-36(29)46-32-18-10-14-22-28-24(42(54)50(8)40(22)52)16-12-20(26(18)28)34(32)48-38/h9-16H,1-8H3. The Kier molecular flexibility index (Phi) is 5.41. The first-order valence-electron chi connectivity index (χ1n) is 18.0. The summed E-state index contributed by atoms with van der Waals surface area (Å²) in [5.74, 6) is -1.31. The molecule has 0 radical (unpaired) electrons. The Balaban J connectivity index is 1.27. The van der Waals surface area contributed by atoms with Gasteiger partial charge in [0, 0.05) is 91.3 Å². The minimum atomic E-state index is -0.455. The van der Waals surface area contributed by atoms with Crippen molar-refractivity contribution in [2.75, 3.05) is 14.1 Å². The van der Waals surface area contributed by atoms with Gasteiger partial charge in [-0.3, -0.25) is 29.0 Å². The molecule has 10 nitrogen and oxygen atoms in total. The number of aromatic nitrogens is 4. The minimum Gasteiger partial charge on any atom is -0.277 e. The molecule has 11 rings (SSSR count). The second-order valence-corrected chi connectivity index (χ2v) is 17.0. The molecule has 0 bridgehead atoms. The van der Waals surface area contributed by atoms with Gasteiger partial charge in [-0.15, -0.1) is 0 Å². The van der Waals surface area contributed by atoms with E-state index >= 15 is 0 Å². The zero-order valence-electron chi connectivity index (χ0n) is 30.9. The van der Waals surface area contributed by atoms with E-state index in [9.17, 15) is 19.2 Å². The minimum absolute atomic E-state index is 0.327. The fourth-order valence-corrected chi connectivity index (χ4v) is 9.36. The first-order valence-corrected chi connectivity index (χ1v) is 18.0. The highest BCUT2D eigenvalue weighted by atomic mass is 16.2. The molecule has 262 valence electrons.